The number of carbonyl (C=O) groups excluding carboxylic acids is 1. The fourth-order valence-corrected chi connectivity index (χ4v) is 3.43. The number of rotatable bonds is 6. The summed E-state index contributed by atoms with van der Waals surface area (Å²) in [6.07, 6.45) is 0.717. The van der Waals surface area contributed by atoms with Gasteiger partial charge >= 0.3 is 0 Å². The Hall–Kier alpha value is -2.58. The van der Waals surface area contributed by atoms with E-state index in [0.29, 0.717) is 23.7 Å². The molecule has 2 atom stereocenters. The van der Waals surface area contributed by atoms with Gasteiger partial charge < -0.3 is 14.8 Å². The number of nitrogens with zero attached hydrogens (tertiary/aromatic N) is 1. The van der Waals surface area contributed by atoms with Crippen molar-refractivity contribution in [2.75, 3.05) is 26.5 Å². The molecule has 0 fully saturated rings. The van der Waals surface area contributed by atoms with Gasteiger partial charge in [-0.3, -0.25) is 4.79 Å². The van der Waals surface area contributed by atoms with E-state index in [1.165, 1.54) is 7.05 Å². The van der Waals surface area contributed by atoms with E-state index >= 15 is 0 Å². The van der Waals surface area contributed by atoms with Crippen molar-refractivity contribution in [3.05, 3.63) is 60.2 Å². The van der Waals surface area contributed by atoms with Gasteiger partial charge in [0.1, 0.15) is 18.8 Å². The summed E-state index contributed by atoms with van der Waals surface area (Å²) >= 11 is 0. The lowest BCUT2D eigenvalue weighted by Gasteiger charge is -2.29. The van der Waals surface area contributed by atoms with Gasteiger partial charge in [0.25, 0.3) is 0 Å². The molecule has 0 bridgehead atoms. The molecule has 8 heteroatoms. The molecule has 0 spiro atoms. The summed E-state index contributed by atoms with van der Waals surface area (Å²) in [5, 5.41) is 2.78. The van der Waals surface area contributed by atoms with Crippen LogP contribution in [0.1, 0.15) is 11.6 Å². The van der Waals surface area contributed by atoms with Gasteiger partial charge in [-0.05, 0) is 17.7 Å². The van der Waals surface area contributed by atoms with E-state index < -0.39 is 22.0 Å². The molecule has 2 unspecified atom stereocenters. The predicted molar refractivity (Wildman–Crippen MR) is 101 cm³/mol. The molecule has 0 saturated heterocycles. The summed E-state index contributed by atoms with van der Waals surface area (Å²) in [6, 6.07) is 15.1. The second-order valence-electron chi connectivity index (χ2n) is 6.34. The number of nitrogens with one attached hydrogen (secondary N) is 1. The van der Waals surface area contributed by atoms with Crippen molar-refractivity contribution >= 4 is 15.9 Å². The van der Waals surface area contributed by atoms with E-state index in [4.69, 9.17) is 9.47 Å². The normalized spacial score (nSPS) is 17.4. The topological polar surface area (TPSA) is 84.9 Å². The molecule has 1 aliphatic heterocycles. The molecular weight excluding hydrogens is 368 g/mol. The number of amides is 1. The lowest BCUT2D eigenvalue weighted by molar-refractivity contribution is -0.125. The summed E-state index contributed by atoms with van der Waals surface area (Å²) in [5.74, 6) is 0.867. The first kappa shape index (κ1) is 19.2. The van der Waals surface area contributed by atoms with Crippen LogP contribution in [0.4, 0.5) is 0 Å². The van der Waals surface area contributed by atoms with Crippen LogP contribution in [-0.2, 0) is 14.8 Å². The number of fused-ring (bicyclic) bond motifs is 1. The molecule has 27 heavy (non-hydrogen) atoms. The molecule has 1 N–H and O–H groups in total. The highest BCUT2D eigenvalue weighted by Gasteiger charge is 2.31. The van der Waals surface area contributed by atoms with Crippen LogP contribution in [-0.4, -0.2) is 51.2 Å². The van der Waals surface area contributed by atoms with Crippen LogP contribution >= 0.6 is 0 Å². The zero-order chi connectivity index (χ0) is 19.4. The lowest BCUT2D eigenvalue weighted by Crippen LogP contribution is -2.46. The van der Waals surface area contributed by atoms with E-state index in [1.54, 1.807) is 30.3 Å². The maximum atomic E-state index is 12.8. The van der Waals surface area contributed by atoms with Gasteiger partial charge in [-0.25, -0.2) is 8.42 Å². The SMILES string of the molecule is CN(C(C(=O)NCC1COc2ccccc2O1)c1ccccc1)S(C)(=O)=O. The molecular formula is C19H22N2O5S. The monoisotopic (exact) mass is 390 g/mol. The largest absolute Gasteiger partial charge is 0.486 e. The lowest BCUT2D eigenvalue weighted by atomic mass is 10.1. The molecule has 2 aromatic carbocycles. The number of hydrogen-bond acceptors (Lipinski definition) is 5. The average molecular weight is 390 g/mol. The number of sulfonamides is 1. The van der Waals surface area contributed by atoms with Crippen LogP contribution in [0.25, 0.3) is 0 Å². The summed E-state index contributed by atoms with van der Waals surface area (Å²) in [6.45, 7) is 0.503. The molecule has 0 aliphatic carbocycles. The van der Waals surface area contributed by atoms with Crippen LogP contribution < -0.4 is 14.8 Å². The Kier molecular flexibility index (Phi) is 5.67. The van der Waals surface area contributed by atoms with Gasteiger partial charge in [-0.15, -0.1) is 0 Å². The van der Waals surface area contributed by atoms with Crippen molar-refractivity contribution in [2.45, 2.75) is 12.1 Å². The van der Waals surface area contributed by atoms with Crippen LogP contribution in [0.5, 0.6) is 11.5 Å². The first-order valence-corrected chi connectivity index (χ1v) is 10.4. The second kappa shape index (κ2) is 7.98. The fourth-order valence-electron chi connectivity index (χ4n) is 2.83. The van der Waals surface area contributed by atoms with Gasteiger partial charge in [0.15, 0.2) is 11.5 Å². The first-order chi connectivity index (χ1) is 12.9. The number of likely N-dealkylation sites (N-methyl/N-ethyl adjacent to an activating group) is 1. The molecule has 1 aliphatic rings. The van der Waals surface area contributed by atoms with Gasteiger partial charge in [0.2, 0.25) is 15.9 Å². The molecule has 7 nitrogen and oxygen atoms in total. The molecule has 2 aromatic rings. The Morgan fingerprint density at radius 3 is 2.44 bits per heavy atom. The van der Waals surface area contributed by atoms with Gasteiger partial charge in [0.05, 0.1) is 12.8 Å². The molecule has 0 aromatic heterocycles. The van der Waals surface area contributed by atoms with E-state index in [-0.39, 0.29) is 12.6 Å². The number of ether oxygens (including phenoxy) is 2. The predicted octanol–water partition coefficient (Wildman–Crippen LogP) is 1.58. The van der Waals surface area contributed by atoms with E-state index in [0.717, 1.165) is 10.6 Å². The minimum Gasteiger partial charge on any atom is -0.486 e. The second-order valence-corrected chi connectivity index (χ2v) is 8.38. The van der Waals surface area contributed by atoms with Crippen LogP contribution in [0, 0.1) is 0 Å². The summed E-state index contributed by atoms with van der Waals surface area (Å²) in [4.78, 5) is 12.8. The third kappa shape index (κ3) is 4.58. The van der Waals surface area contributed by atoms with E-state index in [2.05, 4.69) is 5.32 Å². The van der Waals surface area contributed by atoms with Crippen molar-refractivity contribution in [2.24, 2.45) is 0 Å². The Bertz CT molecular complexity index is 901. The van der Waals surface area contributed by atoms with Crippen LogP contribution in [0.15, 0.2) is 54.6 Å². The number of benzene rings is 2. The smallest absolute Gasteiger partial charge is 0.243 e. The summed E-state index contributed by atoms with van der Waals surface area (Å²) in [7, 11) is -2.17. The van der Waals surface area contributed by atoms with Crippen LogP contribution in [0.3, 0.4) is 0 Å². The quantitative estimate of drug-likeness (QED) is 0.809. The number of carbonyl (C=O) groups is 1. The van der Waals surface area contributed by atoms with Crippen molar-refractivity contribution in [3.8, 4) is 11.5 Å². The van der Waals surface area contributed by atoms with E-state index in [1.807, 2.05) is 24.3 Å². The van der Waals surface area contributed by atoms with Gasteiger partial charge in [-0.1, -0.05) is 42.5 Å². The van der Waals surface area contributed by atoms with Gasteiger partial charge in [-0.2, -0.15) is 4.31 Å². The Balaban J connectivity index is 1.70. The molecule has 3 rings (SSSR count). The zero-order valence-electron chi connectivity index (χ0n) is 15.2. The maximum Gasteiger partial charge on any atom is 0.243 e. The number of hydrogen-bond donors (Lipinski definition) is 1. The maximum absolute atomic E-state index is 12.8. The Morgan fingerprint density at radius 2 is 1.78 bits per heavy atom. The highest BCUT2D eigenvalue weighted by atomic mass is 32.2. The highest BCUT2D eigenvalue weighted by molar-refractivity contribution is 7.88. The van der Waals surface area contributed by atoms with Crippen molar-refractivity contribution in [1.29, 1.82) is 0 Å². The Labute approximate surface area is 158 Å². The zero-order valence-corrected chi connectivity index (χ0v) is 16.0. The first-order valence-electron chi connectivity index (χ1n) is 8.50. The third-order valence-electron chi connectivity index (χ3n) is 4.32. The van der Waals surface area contributed by atoms with Gasteiger partial charge in [0, 0.05) is 7.05 Å². The average Bonchev–Trinajstić information content (AvgIpc) is 2.66. The summed E-state index contributed by atoms with van der Waals surface area (Å²) in [5.41, 5.74) is 0.592. The van der Waals surface area contributed by atoms with Crippen molar-refractivity contribution in [1.82, 2.24) is 9.62 Å². The fraction of sp³-hybridized carbons (Fsp3) is 0.316. The molecule has 144 valence electrons. The Morgan fingerprint density at radius 1 is 1.15 bits per heavy atom. The number of para-hydroxylation sites is 2. The van der Waals surface area contributed by atoms with E-state index in [9.17, 15) is 13.2 Å². The minimum atomic E-state index is -3.56. The molecule has 1 amide bonds. The summed E-state index contributed by atoms with van der Waals surface area (Å²) < 4.78 is 36.5. The minimum absolute atomic E-state index is 0.202. The molecule has 1 heterocycles. The molecule has 0 saturated carbocycles. The molecule has 0 radical (unpaired) electrons. The third-order valence-corrected chi connectivity index (χ3v) is 5.58. The highest BCUT2D eigenvalue weighted by Crippen LogP contribution is 2.30. The van der Waals surface area contributed by atoms with Crippen molar-refractivity contribution in [3.63, 3.8) is 0 Å². The standard InChI is InChI=1S/C19H22N2O5S/c1-21(27(2,23)24)18(14-8-4-3-5-9-14)19(22)20-12-15-13-25-16-10-6-7-11-17(16)26-15/h3-11,15,18H,12-13H2,1-2H3,(H,20,22). The van der Waals surface area contributed by atoms with Crippen molar-refractivity contribution < 1.29 is 22.7 Å². The van der Waals surface area contributed by atoms with Crippen LogP contribution in [0.2, 0.25) is 0 Å².